The monoisotopic (exact) mass is 248 g/mol. The van der Waals surface area contributed by atoms with Crippen LogP contribution < -0.4 is 11.1 Å². The molecule has 0 heterocycles. The van der Waals surface area contributed by atoms with E-state index in [9.17, 15) is 4.79 Å². The van der Waals surface area contributed by atoms with E-state index in [0.717, 1.165) is 24.1 Å². The van der Waals surface area contributed by atoms with Crippen LogP contribution in [-0.2, 0) is 9.53 Å². The van der Waals surface area contributed by atoms with Crippen molar-refractivity contribution in [3.05, 3.63) is 23.8 Å². The average Bonchev–Trinajstić information content (AvgIpc) is 2.28. The minimum Gasteiger partial charge on any atom is -0.399 e. The van der Waals surface area contributed by atoms with Crippen LogP contribution in [0.1, 0.15) is 31.7 Å². The molecule has 1 aliphatic rings. The number of ether oxygens (including phenoxy) is 1. The summed E-state index contributed by atoms with van der Waals surface area (Å²) in [6, 6.07) is 5.48. The lowest BCUT2D eigenvalue weighted by Crippen LogP contribution is -2.34. The number of hydrogen-bond acceptors (Lipinski definition) is 3. The summed E-state index contributed by atoms with van der Waals surface area (Å²) in [5.41, 5.74) is 8.10. The lowest BCUT2D eigenvalue weighted by Gasteiger charge is -2.28. The third-order valence-corrected chi connectivity index (χ3v) is 3.34. The zero-order valence-electron chi connectivity index (χ0n) is 10.9. The van der Waals surface area contributed by atoms with Crippen LogP contribution in [0.3, 0.4) is 0 Å². The third-order valence-electron chi connectivity index (χ3n) is 3.34. The number of hydrogen-bond donors (Lipinski definition) is 2. The van der Waals surface area contributed by atoms with Crippen LogP contribution in [0.4, 0.5) is 11.4 Å². The molecule has 0 radical (unpaired) electrons. The molecule has 1 aliphatic carbocycles. The van der Waals surface area contributed by atoms with Crippen LogP contribution >= 0.6 is 0 Å². The Morgan fingerprint density at radius 1 is 1.50 bits per heavy atom. The van der Waals surface area contributed by atoms with E-state index in [1.54, 1.807) is 13.0 Å². The van der Waals surface area contributed by atoms with Crippen molar-refractivity contribution in [3.8, 4) is 0 Å². The summed E-state index contributed by atoms with van der Waals surface area (Å²) < 4.78 is 5.65. The zero-order valence-corrected chi connectivity index (χ0v) is 10.9. The Morgan fingerprint density at radius 3 is 2.83 bits per heavy atom. The molecule has 1 aromatic carbocycles. The second-order valence-corrected chi connectivity index (χ2v) is 4.89. The fraction of sp³-hybridized carbons (Fsp3) is 0.500. The predicted molar refractivity (Wildman–Crippen MR) is 72.4 cm³/mol. The van der Waals surface area contributed by atoms with Gasteiger partial charge in [0.2, 0.25) is 0 Å². The van der Waals surface area contributed by atoms with E-state index in [1.807, 2.05) is 19.1 Å². The Kier molecular flexibility index (Phi) is 3.87. The number of nitrogens with one attached hydrogen (secondary N) is 1. The summed E-state index contributed by atoms with van der Waals surface area (Å²) in [5.74, 6) is -0.115. The van der Waals surface area contributed by atoms with Gasteiger partial charge in [-0.15, -0.1) is 0 Å². The Bertz CT molecular complexity index is 441. The number of rotatable bonds is 4. The fourth-order valence-electron chi connectivity index (χ4n) is 1.87. The molecule has 1 fully saturated rings. The van der Waals surface area contributed by atoms with Gasteiger partial charge in [-0.2, -0.15) is 0 Å². The first kappa shape index (κ1) is 12.9. The van der Waals surface area contributed by atoms with Crippen molar-refractivity contribution in [3.63, 3.8) is 0 Å². The highest BCUT2D eigenvalue weighted by Gasteiger charge is 2.24. The molecule has 98 valence electrons. The smallest absolute Gasteiger partial charge is 0.253 e. The van der Waals surface area contributed by atoms with E-state index in [4.69, 9.17) is 10.5 Å². The summed E-state index contributed by atoms with van der Waals surface area (Å²) in [7, 11) is 0. The van der Waals surface area contributed by atoms with Crippen molar-refractivity contribution in [2.75, 3.05) is 11.1 Å². The predicted octanol–water partition coefficient (Wildman–Crippen LogP) is 2.47. The lowest BCUT2D eigenvalue weighted by atomic mass is 9.96. The van der Waals surface area contributed by atoms with Crippen molar-refractivity contribution in [1.29, 1.82) is 0 Å². The topological polar surface area (TPSA) is 64.3 Å². The van der Waals surface area contributed by atoms with Gasteiger partial charge >= 0.3 is 0 Å². The molecule has 1 unspecified atom stereocenters. The largest absolute Gasteiger partial charge is 0.399 e. The van der Waals surface area contributed by atoms with Crippen molar-refractivity contribution in [2.24, 2.45) is 0 Å². The minimum absolute atomic E-state index is 0.115. The summed E-state index contributed by atoms with van der Waals surface area (Å²) in [6.07, 6.45) is 3.17. The molecule has 0 aliphatic heterocycles. The molecule has 0 spiro atoms. The van der Waals surface area contributed by atoms with Crippen molar-refractivity contribution >= 4 is 17.3 Å². The summed E-state index contributed by atoms with van der Waals surface area (Å²) in [6.45, 7) is 3.72. The normalized spacial score (nSPS) is 17.0. The third kappa shape index (κ3) is 3.01. The van der Waals surface area contributed by atoms with Gasteiger partial charge in [-0.05, 0) is 50.8 Å². The van der Waals surface area contributed by atoms with E-state index in [2.05, 4.69) is 5.32 Å². The van der Waals surface area contributed by atoms with Crippen molar-refractivity contribution in [2.45, 2.75) is 45.3 Å². The molecule has 1 aromatic rings. The molecule has 0 saturated heterocycles. The van der Waals surface area contributed by atoms with Crippen LogP contribution in [-0.4, -0.2) is 18.1 Å². The van der Waals surface area contributed by atoms with Gasteiger partial charge in [0.05, 0.1) is 6.10 Å². The summed E-state index contributed by atoms with van der Waals surface area (Å²) >= 11 is 0. The molecule has 4 nitrogen and oxygen atoms in total. The standard InChI is InChI=1S/C14H20N2O2/c1-9-6-7-11(15)8-13(9)16-14(17)10(2)18-12-4-3-5-12/h6-8,10,12H,3-5,15H2,1-2H3,(H,16,17). The van der Waals surface area contributed by atoms with Gasteiger partial charge in [-0.3, -0.25) is 4.79 Å². The molecule has 1 atom stereocenters. The maximum atomic E-state index is 12.0. The van der Waals surface area contributed by atoms with E-state index in [1.165, 1.54) is 6.42 Å². The first-order chi connectivity index (χ1) is 8.56. The van der Waals surface area contributed by atoms with Crippen LogP contribution in [0, 0.1) is 6.92 Å². The molecule has 18 heavy (non-hydrogen) atoms. The second-order valence-electron chi connectivity index (χ2n) is 4.89. The average molecular weight is 248 g/mol. The summed E-state index contributed by atoms with van der Waals surface area (Å²) in [5, 5.41) is 2.86. The molecular formula is C14H20N2O2. The number of benzene rings is 1. The molecular weight excluding hydrogens is 228 g/mol. The van der Waals surface area contributed by atoms with Gasteiger partial charge in [-0.25, -0.2) is 0 Å². The van der Waals surface area contributed by atoms with Gasteiger partial charge in [0, 0.05) is 11.4 Å². The number of carbonyl (C=O) groups is 1. The zero-order chi connectivity index (χ0) is 13.1. The first-order valence-corrected chi connectivity index (χ1v) is 6.38. The maximum Gasteiger partial charge on any atom is 0.253 e. The van der Waals surface area contributed by atoms with Crippen LogP contribution in [0.25, 0.3) is 0 Å². The van der Waals surface area contributed by atoms with E-state index >= 15 is 0 Å². The number of anilines is 2. The Labute approximate surface area is 108 Å². The van der Waals surface area contributed by atoms with E-state index in [0.29, 0.717) is 5.69 Å². The van der Waals surface area contributed by atoms with Crippen LogP contribution in [0.2, 0.25) is 0 Å². The summed E-state index contributed by atoms with van der Waals surface area (Å²) in [4.78, 5) is 12.0. The fourth-order valence-corrected chi connectivity index (χ4v) is 1.87. The second kappa shape index (κ2) is 5.40. The van der Waals surface area contributed by atoms with Gasteiger partial charge in [0.15, 0.2) is 0 Å². The van der Waals surface area contributed by atoms with Gasteiger partial charge in [0.25, 0.3) is 5.91 Å². The number of nitrogen functional groups attached to an aromatic ring is 1. The lowest BCUT2D eigenvalue weighted by molar-refractivity contribution is -0.133. The number of carbonyl (C=O) groups excluding carboxylic acids is 1. The highest BCUT2D eigenvalue weighted by atomic mass is 16.5. The number of amides is 1. The molecule has 3 N–H and O–H groups in total. The molecule has 0 aromatic heterocycles. The van der Waals surface area contributed by atoms with E-state index in [-0.39, 0.29) is 12.0 Å². The van der Waals surface area contributed by atoms with Gasteiger partial charge in [0.1, 0.15) is 6.10 Å². The van der Waals surface area contributed by atoms with E-state index < -0.39 is 6.10 Å². The molecule has 4 heteroatoms. The van der Waals surface area contributed by atoms with Crippen molar-refractivity contribution in [1.82, 2.24) is 0 Å². The molecule has 0 bridgehead atoms. The highest BCUT2D eigenvalue weighted by molar-refractivity contribution is 5.95. The van der Waals surface area contributed by atoms with Gasteiger partial charge < -0.3 is 15.8 Å². The number of nitrogens with two attached hydrogens (primary N) is 1. The highest BCUT2D eigenvalue weighted by Crippen LogP contribution is 2.24. The van der Waals surface area contributed by atoms with Crippen LogP contribution in [0.15, 0.2) is 18.2 Å². The maximum absolute atomic E-state index is 12.0. The molecule has 1 amide bonds. The molecule has 2 rings (SSSR count). The molecule has 1 saturated carbocycles. The Balaban J connectivity index is 1.94. The minimum atomic E-state index is -0.420. The van der Waals surface area contributed by atoms with Crippen LogP contribution in [0.5, 0.6) is 0 Å². The quantitative estimate of drug-likeness (QED) is 0.804. The Morgan fingerprint density at radius 2 is 2.22 bits per heavy atom. The van der Waals surface area contributed by atoms with Crippen molar-refractivity contribution < 1.29 is 9.53 Å². The SMILES string of the molecule is Cc1ccc(N)cc1NC(=O)C(C)OC1CCC1. The first-order valence-electron chi connectivity index (χ1n) is 6.38. The van der Waals surface area contributed by atoms with Gasteiger partial charge in [-0.1, -0.05) is 6.07 Å². The Hall–Kier alpha value is -1.55. The number of aryl methyl sites for hydroxylation is 1.